The number of ether oxygens (including phenoxy) is 1. The number of esters is 1. The second kappa shape index (κ2) is 10.7. The molecule has 2 N–H and O–H groups in total. The minimum absolute atomic E-state index is 0.142. The van der Waals surface area contributed by atoms with Gasteiger partial charge in [0.2, 0.25) is 5.01 Å². The highest BCUT2D eigenvalue weighted by atomic mass is 32.1. The number of rotatable bonds is 8. The maximum absolute atomic E-state index is 12.6. The first-order valence-electron chi connectivity index (χ1n) is 10.8. The third-order valence-corrected chi connectivity index (χ3v) is 5.97. The molecule has 0 unspecified atom stereocenters. The molecule has 2 amide bonds. The van der Waals surface area contributed by atoms with Crippen molar-refractivity contribution < 1.29 is 23.5 Å². The first-order valence-corrected chi connectivity index (χ1v) is 11.6. The van der Waals surface area contributed by atoms with Gasteiger partial charge in [0.15, 0.2) is 10.8 Å². The maximum atomic E-state index is 12.6. The molecule has 0 bridgehead atoms. The van der Waals surface area contributed by atoms with Crippen LogP contribution in [0.2, 0.25) is 0 Å². The molecule has 4 aromatic rings. The van der Waals surface area contributed by atoms with E-state index in [1.165, 1.54) is 17.9 Å². The fraction of sp³-hybridized carbons (Fsp3) is 0.160. The van der Waals surface area contributed by atoms with E-state index in [9.17, 15) is 14.4 Å². The van der Waals surface area contributed by atoms with Gasteiger partial charge in [-0.25, -0.2) is 4.79 Å². The van der Waals surface area contributed by atoms with Crippen molar-refractivity contribution in [1.82, 2.24) is 10.2 Å². The van der Waals surface area contributed by atoms with Crippen LogP contribution in [0.4, 0.5) is 11.4 Å². The van der Waals surface area contributed by atoms with Gasteiger partial charge in [0.05, 0.1) is 11.8 Å². The topological polar surface area (TPSA) is 123 Å². The minimum atomic E-state index is -0.601. The van der Waals surface area contributed by atoms with Gasteiger partial charge in [-0.1, -0.05) is 36.5 Å². The number of amides is 2. The van der Waals surface area contributed by atoms with E-state index in [0.717, 1.165) is 23.3 Å². The van der Waals surface area contributed by atoms with Gasteiger partial charge < -0.3 is 19.8 Å². The van der Waals surface area contributed by atoms with Crippen LogP contribution >= 0.6 is 11.3 Å². The van der Waals surface area contributed by atoms with Crippen LogP contribution in [0, 0.1) is 6.92 Å². The number of aryl methyl sites for hydroxylation is 2. The van der Waals surface area contributed by atoms with E-state index in [1.807, 2.05) is 24.3 Å². The van der Waals surface area contributed by atoms with E-state index in [1.54, 1.807) is 31.2 Å². The van der Waals surface area contributed by atoms with Gasteiger partial charge in [-0.2, -0.15) is 0 Å². The third kappa shape index (κ3) is 5.98. The molecular weight excluding hydrogens is 468 g/mol. The molecule has 0 aliphatic heterocycles. The summed E-state index contributed by atoms with van der Waals surface area (Å²) in [6, 6.07) is 15.5. The molecule has 0 fully saturated rings. The minimum Gasteiger partial charge on any atom is -0.459 e. The summed E-state index contributed by atoms with van der Waals surface area (Å²) in [4.78, 5) is 37.2. The molecule has 2 aromatic carbocycles. The second-order valence-electron chi connectivity index (χ2n) is 7.54. The van der Waals surface area contributed by atoms with Crippen molar-refractivity contribution in [2.24, 2.45) is 0 Å². The highest BCUT2D eigenvalue weighted by Gasteiger charge is 2.17. The molecule has 0 radical (unpaired) electrons. The lowest BCUT2D eigenvalue weighted by atomic mass is 10.1. The van der Waals surface area contributed by atoms with Crippen molar-refractivity contribution in [3.05, 3.63) is 93.3 Å². The van der Waals surface area contributed by atoms with E-state index < -0.39 is 11.9 Å². The largest absolute Gasteiger partial charge is 0.459 e. The van der Waals surface area contributed by atoms with Crippen molar-refractivity contribution >= 4 is 40.5 Å². The third-order valence-electron chi connectivity index (χ3n) is 5.07. The van der Waals surface area contributed by atoms with Gasteiger partial charge in [-0.05, 0) is 60.9 Å². The number of nitrogens with zero attached hydrogens (tertiary/aromatic N) is 2. The van der Waals surface area contributed by atoms with Crippen LogP contribution in [0.1, 0.15) is 53.8 Å². The molecule has 0 saturated heterocycles. The molecule has 0 spiro atoms. The number of nitrogens with one attached hydrogen (secondary N) is 2. The Hall–Kier alpha value is -4.31. The first-order chi connectivity index (χ1) is 16.9. The molecular formula is C25H22N4O5S. The summed E-state index contributed by atoms with van der Waals surface area (Å²) in [6.45, 7) is 3.72. The Balaban J connectivity index is 1.34. The number of furan rings is 1. The van der Waals surface area contributed by atoms with Crippen LogP contribution in [-0.2, 0) is 17.8 Å². The van der Waals surface area contributed by atoms with E-state index in [2.05, 4.69) is 27.8 Å². The SMILES string of the molecule is CCc1ccc(NC(=O)c2nnc(COC(=O)c3ccc(C)c(NC(=O)c4ccco4)c3)s2)cc1. The number of carbonyl (C=O) groups is 3. The van der Waals surface area contributed by atoms with Gasteiger partial charge in [0, 0.05) is 11.4 Å². The Morgan fingerprint density at radius 2 is 1.80 bits per heavy atom. The molecule has 9 nitrogen and oxygen atoms in total. The Labute approximate surface area is 205 Å². The van der Waals surface area contributed by atoms with E-state index >= 15 is 0 Å². The van der Waals surface area contributed by atoms with E-state index in [4.69, 9.17) is 9.15 Å². The molecule has 0 aliphatic rings. The fourth-order valence-electron chi connectivity index (χ4n) is 3.10. The molecule has 178 valence electrons. The predicted octanol–water partition coefficient (Wildman–Crippen LogP) is 4.86. The van der Waals surface area contributed by atoms with Crippen LogP contribution in [-0.4, -0.2) is 28.0 Å². The van der Waals surface area contributed by atoms with Crippen LogP contribution in [0.15, 0.2) is 65.3 Å². The van der Waals surface area contributed by atoms with Gasteiger partial charge in [0.1, 0.15) is 6.61 Å². The number of hydrogen-bond donors (Lipinski definition) is 2. The Kier molecular flexibility index (Phi) is 7.32. The monoisotopic (exact) mass is 490 g/mol. The summed E-state index contributed by atoms with van der Waals surface area (Å²) in [5.41, 5.74) is 3.31. The highest BCUT2D eigenvalue weighted by Crippen LogP contribution is 2.20. The summed E-state index contributed by atoms with van der Waals surface area (Å²) in [5, 5.41) is 13.9. The number of benzene rings is 2. The summed E-state index contributed by atoms with van der Waals surface area (Å²) in [6.07, 6.45) is 2.32. The molecule has 0 saturated carbocycles. The average Bonchev–Trinajstić information content (AvgIpc) is 3.57. The van der Waals surface area contributed by atoms with E-state index in [0.29, 0.717) is 16.4 Å². The number of hydrogen-bond acceptors (Lipinski definition) is 8. The van der Waals surface area contributed by atoms with Gasteiger partial charge in [-0.15, -0.1) is 10.2 Å². The van der Waals surface area contributed by atoms with Crippen molar-refractivity contribution in [1.29, 1.82) is 0 Å². The van der Waals surface area contributed by atoms with Crippen molar-refractivity contribution in [2.75, 3.05) is 10.6 Å². The lowest BCUT2D eigenvalue weighted by Gasteiger charge is -2.09. The summed E-state index contributed by atoms with van der Waals surface area (Å²) in [7, 11) is 0. The van der Waals surface area contributed by atoms with Crippen molar-refractivity contribution in [2.45, 2.75) is 26.9 Å². The highest BCUT2D eigenvalue weighted by molar-refractivity contribution is 7.13. The zero-order valence-electron chi connectivity index (χ0n) is 19.0. The number of aromatic nitrogens is 2. The van der Waals surface area contributed by atoms with Crippen LogP contribution < -0.4 is 10.6 Å². The maximum Gasteiger partial charge on any atom is 0.338 e. The predicted molar refractivity (Wildman–Crippen MR) is 131 cm³/mol. The average molecular weight is 491 g/mol. The molecule has 10 heteroatoms. The summed E-state index contributed by atoms with van der Waals surface area (Å²) >= 11 is 1.04. The summed E-state index contributed by atoms with van der Waals surface area (Å²) < 4.78 is 10.4. The smallest absolute Gasteiger partial charge is 0.338 e. The number of anilines is 2. The molecule has 0 atom stereocenters. The Morgan fingerprint density at radius 3 is 2.51 bits per heavy atom. The van der Waals surface area contributed by atoms with Gasteiger partial charge in [0.25, 0.3) is 11.8 Å². The van der Waals surface area contributed by atoms with E-state index in [-0.39, 0.29) is 28.8 Å². The zero-order chi connectivity index (χ0) is 24.8. The molecule has 35 heavy (non-hydrogen) atoms. The normalized spacial score (nSPS) is 10.6. The quantitative estimate of drug-likeness (QED) is 0.338. The van der Waals surface area contributed by atoms with Crippen LogP contribution in [0.3, 0.4) is 0 Å². The standard InChI is InChI=1S/C25H22N4O5S/c1-3-16-7-10-18(11-8-16)26-23(31)24-29-28-21(35-24)14-34-25(32)17-9-6-15(2)19(13-17)27-22(30)20-5-4-12-33-20/h4-13H,3,14H2,1-2H3,(H,26,31)(H,27,30). The van der Waals surface area contributed by atoms with Gasteiger partial charge in [-0.3, -0.25) is 9.59 Å². The molecule has 0 aliphatic carbocycles. The van der Waals surface area contributed by atoms with Gasteiger partial charge >= 0.3 is 5.97 Å². The lowest BCUT2D eigenvalue weighted by Crippen LogP contribution is -2.13. The first kappa shape index (κ1) is 23.8. The Morgan fingerprint density at radius 1 is 1.00 bits per heavy atom. The van der Waals surface area contributed by atoms with Crippen LogP contribution in [0.5, 0.6) is 0 Å². The fourth-order valence-corrected chi connectivity index (χ4v) is 3.75. The zero-order valence-corrected chi connectivity index (χ0v) is 19.8. The molecule has 2 aromatic heterocycles. The van der Waals surface area contributed by atoms with Crippen molar-refractivity contribution in [3.63, 3.8) is 0 Å². The van der Waals surface area contributed by atoms with Crippen molar-refractivity contribution in [3.8, 4) is 0 Å². The lowest BCUT2D eigenvalue weighted by molar-refractivity contribution is 0.0471. The van der Waals surface area contributed by atoms with Crippen LogP contribution in [0.25, 0.3) is 0 Å². The molecule has 4 rings (SSSR count). The summed E-state index contributed by atoms with van der Waals surface area (Å²) in [5.74, 6) is -1.26. The molecule has 2 heterocycles. The number of carbonyl (C=O) groups excluding carboxylic acids is 3. The Bertz CT molecular complexity index is 1350. The second-order valence-corrected chi connectivity index (χ2v) is 8.60.